The van der Waals surface area contributed by atoms with Crippen molar-refractivity contribution in [3.63, 3.8) is 0 Å². The Bertz CT molecular complexity index is 913. The molecule has 170 valence electrons. The molecule has 2 N–H and O–H groups in total. The minimum absolute atomic E-state index is 0.0416. The van der Waals surface area contributed by atoms with Crippen molar-refractivity contribution < 1.29 is 18.7 Å². The van der Waals surface area contributed by atoms with Gasteiger partial charge in [0.15, 0.2) is 0 Å². The molecule has 0 aliphatic rings. The summed E-state index contributed by atoms with van der Waals surface area (Å²) in [5.41, 5.74) is 0.837. The number of alkyl carbamates (subject to hydrolysis) is 1. The standard InChI is InChI=1S/C21H29ClN4O4S/c1-7-12(2)17(24-19(28)30-21(4,5)6)18-25-26-20(29-18)31-11-16(27)23-15-10-8-9-14(22)13(15)3/h8-10,12,17H,7,11H2,1-6H3,(H,23,27)(H,24,28)/t12-,17+/m0/s1. The molecule has 2 rings (SSSR count). The van der Waals surface area contributed by atoms with Gasteiger partial charge >= 0.3 is 6.09 Å². The van der Waals surface area contributed by atoms with Gasteiger partial charge in [0.05, 0.1) is 5.75 Å². The molecule has 0 aliphatic heterocycles. The van der Waals surface area contributed by atoms with Crippen LogP contribution in [-0.4, -0.2) is 33.6 Å². The predicted molar refractivity (Wildman–Crippen MR) is 121 cm³/mol. The van der Waals surface area contributed by atoms with Gasteiger partial charge in [-0.15, -0.1) is 10.2 Å². The number of hydrogen-bond acceptors (Lipinski definition) is 7. The van der Waals surface area contributed by atoms with Crippen molar-refractivity contribution in [1.82, 2.24) is 15.5 Å². The number of thioether (sulfide) groups is 1. The zero-order chi connectivity index (χ0) is 23.2. The monoisotopic (exact) mass is 468 g/mol. The molecule has 0 saturated heterocycles. The Labute approximate surface area is 191 Å². The minimum atomic E-state index is -0.616. The van der Waals surface area contributed by atoms with E-state index in [1.165, 1.54) is 0 Å². The number of carbonyl (C=O) groups excluding carboxylic acids is 2. The molecule has 1 aromatic carbocycles. The van der Waals surface area contributed by atoms with Crippen molar-refractivity contribution in [1.29, 1.82) is 0 Å². The summed E-state index contributed by atoms with van der Waals surface area (Å²) in [6.07, 6.45) is 0.230. The molecule has 1 heterocycles. The number of hydrogen-bond donors (Lipinski definition) is 2. The van der Waals surface area contributed by atoms with Crippen LogP contribution < -0.4 is 10.6 Å². The van der Waals surface area contributed by atoms with E-state index in [2.05, 4.69) is 20.8 Å². The van der Waals surface area contributed by atoms with Crippen LogP contribution in [0.3, 0.4) is 0 Å². The van der Waals surface area contributed by atoms with Gasteiger partial charge in [0.25, 0.3) is 5.22 Å². The molecule has 2 atom stereocenters. The van der Waals surface area contributed by atoms with Crippen molar-refractivity contribution in [3.8, 4) is 0 Å². The Morgan fingerprint density at radius 2 is 2.00 bits per heavy atom. The van der Waals surface area contributed by atoms with Gasteiger partial charge in [0.1, 0.15) is 11.6 Å². The Kier molecular flexibility index (Phi) is 8.76. The highest BCUT2D eigenvalue weighted by Crippen LogP contribution is 2.27. The third-order valence-electron chi connectivity index (χ3n) is 4.44. The van der Waals surface area contributed by atoms with Gasteiger partial charge in [-0.2, -0.15) is 0 Å². The molecule has 0 bridgehead atoms. The van der Waals surface area contributed by atoms with Crippen LogP contribution in [0.4, 0.5) is 10.5 Å². The highest BCUT2D eigenvalue weighted by molar-refractivity contribution is 7.99. The van der Waals surface area contributed by atoms with E-state index in [0.29, 0.717) is 10.7 Å². The fourth-order valence-electron chi connectivity index (χ4n) is 2.58. The largest absolute Gasteiger partial charge is 0.444 e. The van der Waals surface area contributed by atoms with E-state index < -0.39 is 17.7 Å². The lowest BCUT2D eigenvalue weighted by molar-refractivity contribution is -0.113. The van der Waals surface area contributed by atoms with Gasteiger partial charge in [-0.1, -0.05) is 49.7 Å². The molecule has 31 heavy (non-hydrogen) atoms. The number of nitrogens with one attached hydrogen (secondary N) is 2. The normalized spacial score (nSPS) is 13.4. The predicted octanol–water partition coefficient (Wildman–Crippen LogP) is 5.37. The summed E-state index contributed by atoms with van der Waals surface area (Å²) in [5.74, 6) is 0.176. The Balaban J connectivity index is 2.00. The van der Waals surface area contributed by atoms with E-state index in [1.54, 1.807) is 39.0 Å². The van der Waals surface area contributed by atoms with Crippen LogP contribution in [0.2, 0.25) is 5.02 Å². The Morgan fingerprint density at radius 1 is 1.29 bits per heavy atom. The number of carbonyl (C=O) groups is 2. The molecule has 0 fully saturated rings. The topological polar surface area (TPSA) is 106 Å². The number of anilines is 1. The van der Waals surface area contributed by atoms with E-state index in [1.807, 2.05) is 20.8 Å². The molecule has 0 unspecified atom stereocenters. The summed E-state index contributed by atoms with van der Waals surface area (Å²) in [6, 6.07) is 4.83. The SMILES string of the molecule is CC[C@H](C)[C@@H](NC(=O)OC(C)(C)C)c1nnc(SCC(=O)Nc2cccc(Cl)c2C)o1. The summed E-state index contributed by atoms with van der Waals surface area (Å²) in [5, 5.41) is 14.5. The van der Waals surface area contributed by atoms with Crippen LogP contribution in [0.5, 0.6) is 0 Å². The van der Waals surface area contributed by atoms with Crippen LogP contribution in [-0.2, 0) is 9.53 Å². The maximum absolute atomic E-state index is 12.3. The second-order valence-corrected chi connectivity index (χ2v) is 9.50. The van der Waals surface area contributed by atoms with Crippen LogP contribution in [0, 0.1) is 12.8 Å². The first-order chi connectivity index (χ1) is 14.5. The van der Waals surface area contributed by atoms with Crippen LogP contribution in [0.1, 0.15) is 58.5 Å². The van der Waals surface area contributed by atoms with Gasteiger partial charge < -0.3 is 19.8 Å². The van der Waals surface area contributed by atoms with E-state index >= 15 is 0 Å². The van der Waals surface area contributed by atoms with Gasteiger partial charge in [0, 0.05) is 10.7 Å². The van der Waals surface area contributed by atoms with E-state index in [0.717, 1.165) is 23.7 Å². The third kappa shape index (κ3) is 7.74. The maximum Gasteiger partial charge on any atom is 0.408 e. The molecule has 1 aromatic heterocycles. The smallest absolute Gasteiger partial charge is 0.408 e. The number of benzene rings is 1. The summed E-state index contributed by atoms with van der Waals surface area (Å²) < 4.78 is 11.0. The summed E-state index contributed by atoms with van der Waals surface area (Å²) >= 11 is 7.20. The summed E-state index contributed by atoms with van der Waals surface area (Å²) in [6.45, 7) is 11.2. The zero-order valence-electron chi connectivity index (χ0n) is 18.6. The van der Waals surface area contributed by atoms with Crippen LogP contribution in [0.15, 0.2) is 27.8 Å². The second-order valence-electron chi connectivity index (χ2n) is 8.16. The van der Waals surface area contributed by atoms with Gasteiger partial charge in [-0.3, -0.25) is 4.79 Å². The van der Waals surface area contributed by atoms with Gasteiger partial charge in [0.2, 0.25) is 11.8 Å². The average molecular weight is 469 g/mol. The molecule has 0 radical (unpaired) electrons. The molecule has 2 amide bonds. The highest BCUT2D eigenvalue weighted by Gasteiger charge is 2.28. The highest BCUT2D eigenvalue weighted by atomic mass is 35.5. The number of nitrogens with zero attached hydrogens (tertiary/aromatic N) is 2. The number of aromatic nitrogens is 2. The number of amides is 2. The van der Waals surface area contributed by atoms with Crippen LogP contribution in [0.25, 0.3) is 0 Å². The first-order valence-electron chi connectivity index (χ1n) is 10.0. The maximum atomic E-state index is 12.3. The molecular weight excluding hydrogens is 440 g/mol. The van der Waals surface area contributed by atoms with Gasteiger partial charge in [-0.25, -0.2) is 4.79 Å². The molecule has 8 nitrogen and oxygen atoms in total. The molecule has 0 spiro atoms. The lowest BCUT2D eigenvalue weighted by Crippen LogP contribution is -2.37. The van der Waals surface area contributed by atoms with Crippen molar-refractivity contribution in [3.05, 3.63) is 34.7 Å². The van der Waals surface area contributed by atoms with E-state index in [4.69, 9.17) is 20.8 Å². The van der Waals surface area contributed by atoms with Crippen molar-refractivity contribution in [2.24, 2.45) is 5.92 Å². The lowest BCUT2D eigenvalue weighted by Gasteiger charge is -2.24. The third-order valence-corrected chi connectivity index (χ3v) is 5.67. The zero-order valence-corrected chi connectivity index (χ0v) is 20.2. The molecule has 10 heteroatoms. The van der Waals surface area contributed by atoms with Crippen molar-refractivity contribution >= 4 is 41.1 Å². The summed E-state index contributed by atoms with van der Waals surface area (Å²) in [7, 11) is 0. The van der Waals surface area contributed by atoms with Crippen molar-refractivity contribution in [2.45, 2.75) is 64.8 Å². The van der Waals surface area contributed by atoms with Gasteiger partial charge in [-0.05, 0) is 51.3 Å². The molecule has 2 aromatic rings. The molecule has 0 saturated carbocycles. The minimum Gasteiger partial charge on any atom is -0.444 e. The summed E-state index contributed by atoms with van der Waals surface area (Å²) in [4.78, 5) is 24.5. The number of rotatable bonds is 8. The quantitative estimate of drug-likeness (QED) is 0.501. The lowest BCUT2D eigenvalue weighted by atomic mass is 9.99. The first kappa shape index (κ1) is 25.0. The Morgan fingerprint density at radius 3 is 2.65 bits per heavy atom. The Hall–Kier alpha value is -2.26. The number of ether oxygens (including phenoxy) is 1. The van der Waals surface area contributed by atoms with E-state index in [-0.39, 0.29) is 28.7 Å². The van der Waals surface area contributed by atoms with Crippen molar-refractivity contribution in [2.75, 3.05) is 11.1 Å². The molecule has 0 aliphatic carbocycles. The number of halogens is 1. The van der Waals surface area contributed by atoms with Crippen LogP contribution >= 0.6 is 23.4 Å². The average Bonchev–Trinajstić information content (AvgIpc) is 3.15. The fourth-order valence-corrected chi connectivity index (χ4v) is 3.32. The fraction of sp³-hybridized carbons (Fsp3) is 0.524. The second kappa shape index (κ2) is 10.9. The molecular formula is C21H29ClN4O4S. The first-order valence-corrected chi connectivity index (χ1v) is 11.4. The van der Waals surface area contributed by atoms with E-state index in [9.17, 15) is 9.59 Å².